The lowest BCUT2D eigenvalue weighted by atomic mass is 10.1. The molecule has 2 aromatic carbocycles. The van der Waals surface area contributed by atoms with Crippen molar-refractivity contribution in [1.29, 1.82) is 0 Å². The lowest BCUT2D eigenvalue weighted by molar-refractivity contribution is -0.116. The number of nitrogens with zero attached hydrogens (tertiary/aromatic N) is 4. The van der Waals surface area contributed by atoms with Gasteiger partial charge in [0.25, 0.3) is 0 Å². The van der Waals surface area contributed by atoms with Crippen LogP contribution in [0.2, 0.25) is 0 Å². The van der Waals surface area contributed by atoms with Gasteiger partial charge in [0.2, 0.25) is 11.7 Å². The summed E-state index contributed by atoms with van der Waals surface area (Å²) in [7, 11) is 0. The average molecular weight is 381 g/mol. The Morgan fingerprint density at radius 2 is 1.75 bits per heavy atom. The molecule has 0 atom stereocenters. The normalized spacial score (nSPS) is 10.9. The minimum absolute atomic E-state index is 0.0609. The molecular weight excluding hydrogens is 361 g/mol. The predicted octanol–water partition coefficient (Wildman–Crippen LogP) is 3.35. The van der Waals surface area contributed by atoms with Gasteiger partial charge in [-0.3, -0.25) is 9.59 Å². The number of Topliss-reactive ketones (excluding diaryl/α,β-unsaturated/α-hetero) is 1. The Kier molecular flexibility index (Phi) is 5.88. The molecule has 0 aliphatic rings. The third-order valence-corrected chi connectivity index (χ3v) is 3.92. The van der Waals surface area contributed by atoms with Crippen molar-refractivity contribution in [2.75, 3.05) is 5.32 Å². The number of aromatic nitrogens is 4. The van der Waals surface area contributed by atoms with E-state index < -0.39 is 0 Å². The van der Waals surface area contributed by atoms with E-state index in [1.807, 2.05) is 13.8 Å². The first-order valence-electron chi connectivity index (χ1n) is 8.87. The van der Waals surface area contributed by atoms with Crippen molar-refractivity contribution in [2.45, 2.75) is 26.8 Å². The number of hydrogen-bond donors (Lipinski definition) is 1. The van der Waals surface area contributed by atoms with Crippen molar-refractivity contribution in [3.05, 3.63) is 59.9 Å². The highest BCUT2D eigenvalue weighted by molar-refractivity contribution is 5.97. The minimum Gasteiger partial charge on any atom is -0.326 e. The first-order chi connectivity index (χ1) is 13.4. The zero-order valence-electron chi connectivity index (χ0n) is 15.6. The number of rotatable bonds is 7. The fraction of sp³-hybridized carbons (Fsp3) is 0.250. The van der Waals surface area contributed by atoms with Gasteiger partial charge in [0.1, 0.15) is 12.4 Å². The molecule has 8 heteroatoms. The number of benzene rings is 2. The van der Waals surface area contributed by atoms with E-state index in [2.05, 4.69) is 20.7 Å². The topological polar surface area (TPSA) is 89.8 Å². The van der Waals surface area contributed by atoms with Gasteiger partial charge >= 0.3 is 0 Å². The van der Waals surface area contributed by atoms with E-state index in [0.29, 0.717) is 29.1 Å². The molecule has 144 valence electrons. The van der Waals surface area contributed by atoms with Crippen molar-refractivity contribution in [3.63, 3.8) is 0 Å². The SMILES string of the molecule is CC(C)CC(=O)Nc1ccc(C(=O)Cn2nnc(-c3ccc(F)cc3)n2)cc1. The molecule has 0 radical (unpaired) electrons. The largest absolute Gasteiger partial charge is 0.326 e. The van der Waals surface area contributed by atoms with Crippen LogP contribution in [-0.2, 0) is 11.3 Å². The van der Waals surface area contributed by atoms with Crippen LogP contribution in [0, 0.1) is 11.7 Å². The van der Waals surface area contributed by atoms with Crippen LogP contribution in [0.5, 0.6) is 0 Å². The zero-order chi connectivity index (χ0) is 20.1. The molecule has 0 aliphatic heterocycles. The van der Waals surface area contributed by atoms with Gasteiger partial charge in [-0.15, -0.1) is 10.2 Å². The zero-order valence-corrected chi connectivity index (χ0v) is 15.6. The number of amides is 1. The molecule has 0 spiro atoms. The average Bonchev–Trinajstić information content (AvgIpc) is 3.10. The molecule has 0 unspecified atom stereocenters. The second-order valence-corrected chi connectivity index (χ2v) is 6.80. The highest BCUT2D eigenvalue weighted by Gasteiger charge is 2.12. The van der Waals surface area contributed by atoms with Crippen molar-refractivity contribution in [1.82, 2.24) is 20.2 Å². The number of ketones is 1. The third kappa shape index (κ3) is 5.06. The Bertz CT molecular complexity index is 965. The molecule has 0 saturated carbocycles. The van der Waals surface area contributed by atoms with Crippen LogP contribution in [0.4, 0.5) is 10.1 Å². The summed E-state index contributed by atoms with van der Waals surface area (Å²) < 4.78 is 13.0. The molecule has 1 heterocycles. The first-order valence-corrected chi connectivity index (χ1v) is 8.87. The molecule has 3 rings (SSSR count). The molecule has 0 bridgehead atoms. The van der Waals surface area contributed by atoms with E-state index in [-0.39, 0.29) is 30.0 Å². The Hall–Kier alpha value is -3.42. The summed E-state index contributed by atoms with van der Waals surface area (Å²) in [5.74, 6) is -0.0145. The van der Waals surface area contributed by atoms with E-state index in [4.69, 9.17) is 0 Å². The summed E-state index contributed by atoms with van der Waals surface area (Å²) in [4.78, 5) is 25.4. The summed E-state index contributed by atoms with van der Waals surface area (Å²) in [6.07, 6.45) is 0.440. The van der Waals surface area contributed by atoms with Gasteiger partial charge < -0.3 is 5.32 Å². The van der Waals surface area contributed by atoms with E-state index in [0.717, 1.165) is 0 Å². The Morgan fingerprint density at radius 3 is 2.39 bits per heavy atom. The number of nitrogens with one attached hydrogen (secondary N) is 1. The van der Waals surface area contributed by atoms with Crippen LogP contribution in [0.1, 0.15) is 30.6 Å². The van der Waals surface area contributed by atoms with E-state index in [9.17, 15) is 14.0 Å². The van der Waals surface area contributed by atoms with Crippen molar-refractivity contribution in [2.24, 2.45) is 5.92 Å². The van der Waals surface area contributed by atoms with Crippen LogP contribution in [0.25, 0.3) is 11.4 Å². The van der Waals surface area contributed by atoms with Gasteiger partial charge in [-0.25, -0.2) is 4.39 Å². The van der Waals surface area contributed by atoms with Crippen LogP contribution in [0.3, 0.4) is 0 Å². The maximum atomic E-state index is 13.0. The molecule has 1 aromatic heterocycles. The first kappa shape index (κ1) is 19.3. The van der Waals surface area contributed by atoms with Crippen LogP contribution < -0.4 is 5.32 Å². The molecule has 7 nitrogen and oxygen atoms in total. The maximum absolute atomic E-state index is 13.0. The number of carbonyl (C=O) groups is 2. The number of hydrogen-bond acceptors (Lipinski definition) is 5. The second-order valence-electron chi connectivity index (χ2n) is 6.80. The maximum Gasteiger partial charge on any atom is 0.224 e. The van der Waals surface area contributed by atoms with Gasteiger partial charge in [-0.2, -0.15) is 4.80 Å². The van der Waals surface area contributed by atoms with Crippen molar-refractivity contribution < 1.29 is 14.0 Å². The molecule has 0 saturated heterocycles. The number of carbonyl (C=O) groups excluding carboxylic acids is 2. The number of halogens is 1. The van der Waals surface area contributed by atoms with Gasteiger partial charge in [0.15, 0.2) is 5.78 Å². The van der Waals surface area contributed by atoms with Crippen LogP contribution in [-0.4, -0.2) is 31.9 Å². The molecule has 3 aromatic rings. The summed E-state index contributed by atoms with van der Waals surface area (Å²) in [5.41, 5.74) is 1.73. The molecule has 1 N–H and O–H groups in total. The van der Waals surface area contributed by atoms with Gasteiger partial charge in [-0.05, 0) is 59.7 Å². The monoisotopic (exact) mass is 381 g/mol. The Balaban J connectivity index is 1.62. The quantitative estimate of drug-likeness (QED) is 0.634. The van der Waals surface area contributed by atoms with Gasteiger partial charge in [0, 0.05) is 23.2 Å². The second kappa shape index (κ2) is 8.51. The van der Waals surface area contributed by atoms with E-state index in [1.54, 1.807) is 36.4 Å². The van der Waals surface area contributed by atoms with E-state index in [1.165, 1.54) is 16.9 Å². The Morgan fingerprint density at radius 1 is 1.07 bits per heavy atom. The van der Waals surface area contributed by atoms with E-state index >= 15 is 0 Å². The fourth-order valence-electron chi connectivity index (χ4n) is 2.57. The lowest BCUT2D eigenvalue weighted by Gasteiger charge is -2.07. The highest BCUT2D eigenvalue weighted by Crippen LogP contribution is 2.15. The predicted molar refractivity (Wildman–Crippen MR) is 102 cm³/mol. The smallest absolute Gasteiger partial charge is 0.224 e. The summed E-state index contributed by atoms with van der Waals surface area (Å²) >= 11 is 0. The molecule has 0 fully saturated rings. The summed E-state index contributed by atoms with van der Waals surface area (Å²) in [6.45, 7) is 3.87. The van der Waals surface area contributed by atoms with Crippen molar-refractivity contribution >= 4 is 17.4 Å². The van der Waals surface area contributed by atoms with Crippen LogP contribution in [0.15, 0.2) is 48.5 Å². The molecule has 1 amide bonds. The summed E-state index contributed by atoms with van der Waals surface area (Å²) in [6, 6.07) is 12.4. The highest BCUT2D eigenvalue weighted by atomic mass is 19.1. The Labute approximate surface area is 161 Å². The summed E-state index contributed by atoms with van der Waals surface area (Å²) in [5, 5.41) is 14.7. The lowest BCUT2D eigenvalue weighted by Crippen LogP contribution is -2.15. The van der Waals surface area contributed by atoms with Crippen molar-refractivity contribution in [3.8, 4) is 11.4 Å². The molecule has 28 heavy (non-hydrogen) atoms. The molecular formula is C20H20FN5O2. The number of tetrazole rings is 1. The number of anilines is 1. The molecule has 0 aliphatic carbocycles. The third-order valence-electron chi connectivity index (χ3n) is 3.92. The van der Waals surface area contributed by atoms with Gasteiger partial charge in [-0.1, -0.05) is 13.8 Å². The standard InChI is InChI=1S/C20H20FN5O2/c1-13(2)11-19(28)22-17-9-5-14(6-10-17)18(27)12-26-24-20(23-25-26)15-3-7-16(21)8-4-15/h3-10,13H,11-12H2,1-2H3,(H,22,28). The fourth-order valence-corrected chi connectivity index (χ4v) is 2.57. The minimum atomic E-state index is -0.352. The van der Waals surface area contributed by atoms with Gasteiger partial charge in [0.05, 0.1) is 0 Å². The van der Waals surface area contributed by atoms with Crippen LogP contribution >= 0.6 is 0 Å².